The molecule has 18 heavy (non-hydrogen) atoms. The van der Waals surface area contributed by atoms with Gasteiger partial charge in [0.15, 0.2) is 0 Å². The standard InChI is InChI=1S/C13H18N2O2S/c1-2-17-7-6-12(16)15-9-10-4-3-5-11(8-10)13(14)18/h3-5,8H,2,6-7,9H2,1H3,(H2,14,18)(H,15,16). The summed E-state index contributed by atoms with van der Waals surface area (Å²) in [5.74, 6) is -0.0239. The molecule has 1 aromatic carbocycles. The summed E-state index contributed by atoms with van der Waals surface area (Å²) in [6, 6.07) is 7.52. The number of rotatable bonds is 7. The summed E-state index contributed by atoms with van der Waals surface area (Å²) >= 11 is 4.90. The molecule has 1 aromatic rings. The van der Waals surface area contributed by atoms with E-state index in [0.717, 1.165) is 11.1 Å². The molecule has 0 radical (unpaired) electrons. The first-order valence-corrected chi connectivity index (χ1v) is 6.27. The molecule has 3 N–H and O–H groups in total. The predicted octanol–water partition coefficient (Wildman–Crippen LogP) is 1.36. The van der Waals surface area contributed by atoms with Crippen LogP contribution in [0.2, 0.25) is 0 Å². The third kappa shape index (κ3) is 5.25. The molecule has 0 saturated carbocycles. The van der Waals surface area contributed by atoms with E-state index in [1.165, 1.54) is 0 Å². The third-order valence-corrected chi connectivity index (χ3v) is 2.61. The molecule has 0 aliphatic rings. The number of nitrogens with two attached hydrogens (primary N) is 1. The average Bonchev–Trinajstić information content (AvgIpc) is 2.37. The molecule has 5 heteroatoms. The fourth-order valence-corrected chi connectivity index (χ4v) is 1.56. The summed E-state index contributed by atoms with van der Waals surface area (Å²) in [5.41, 5.74) is 7.34. The van der Waals surface area contributed by atoms with E-state index in [4.69, 9.17) is 22.7 Å². The molecule has 0 unspecified atom stereocenters. The van der Waals surface area contributed by atoms with E-state index >= 15 is 0 Å². The fraction of sp³-hybridized carbons (Fsp3) is 0.385. The number of hydrogen-bond donors (Lipinski definition) is 2. The van der Waals surface area contributed by atoms with Gasteiger partial charge in [-0.3, -0.25) is 4.79 Å². The summed E-state index contributed by atoms with van der Waals surface area (Å²) < 4.78 is 5.11. The van der Waals surface area contributed by atoms with Gasteiger partial charge in [-0.2, -0.15) is 0 Å². The van der Waals surface area contributed by atoms with Gasteiger partial charge in [-0.1, -0.05) is 30.4 Å². The van der Waals surface area contributed by atoms with Crippen LogP contribution in [0.25, 0.3) is 0 Å². The van der Waals surface area contributed by atoms with Crippen LogP contribution in [0.4, 0.5) is 0 Å². The summed E-state index contributed by atoms with van der Waals surface area (Å²) in [7, 11) is 0. The van der Waals surface area contributed by atoms with Gasteiger partial charge in [0, 0.05) is 25.1 Å². The Bertz CT molecular complexity index is 421. The lowest BCUT2D eigenvalue weighted by Crippen LogP contribution is -2.24. The zero-order chi connectivity index (χ0) is 13.4. The van der Waals surface area contributed by atoms with Crippen LogP contribution in [0.3, 0.4) is 0 Å². The van der Waals surface area contributed by atoms with Gasteiger partial charge in [0.2, 0.25) is 5.91 Å². The van der Waals surface area contributed by atoms with Gasteiger partial charge in [0.25, 0.3) is 0 Å². The van der Waals surface area contributed by atoms with Crippen LogP contribution < -0.4 is 11.1 Å². The topological polar surface area (TPSA) is 64.3 Å². The van der Waals surface area contributed by atoms with Crippen molar-refractivity contribution in [3.05, 3.63) is 35.4 Å². The number of carbonyl (C=O) groups excluding carboxylic acids is 1. The molecule has 0 atom stereocenters. The van der Waals surface area contributed by atoms with Gasteiger partial charge in [0.05, 0.1) is 6.61 Å². The molecule has 0 spiro atoms. The van der Waals surface area contributed by atoms with E-state index in [1.54, 1.807) is 0 Å². The Hall–Kier alpha value is -1.46. The van der Waals surface area contributed by atoms with E-state index in [-0.39, 0.29) is 5.91 Å². The van der Waals surface area contributed by atoms with Crippen LogP contribution in [0.15, 0.2) is 24.3 Å². The van der Waals surface area contributed by atoms with Crippen LogP contribution in [0.1, 0.15) is 24.5 Å². The maximum Gasteiger partial charge on any atom is 0.222 e. The first kappa shape index (κ1) is 14.6. The molecular formula is C13H18N2O2S. The number of amides is 1. The molecule has 0 bridgehead atoms. The smallest absolute Gasteiger partial charge is 0.222 e. The largest absolute Gasteiger partial charge is 0.389 e. The number of thiocarbonyl (C=S) groups is 1. The van der Waals surface area contributed by atoms with Crippen LogP contribution in [0, 0.1) is 0 Å². The Balaban J connectivity index is 2.41. The molecular weight excluding hydrogens is 248 g/mol. The van der Waals surface area contributed by atoms with Gasteiger partial charge in [0.1, 0.15) is 4.99 Å². The van der Waals surface area contributed by atoms with E-state index in [9.17, 15) is 4.79 Å². The van der Waals surface area contributed by atoms with Crippen molar-refractivity contribution in [1.29, 1.82) is 0 Å². The van der Waals surface area contributed by atoms with Crippen molar-refractivity contribution in [2.24, 2.45) is 5.73 Å². The summed E-state index contributed by atoms with van der Waals surface area (Å²) in [6.45, 7) is 3.46. The average molecular weight is 266 g/mol. The Morgan fingerprint density at radius 2 is 2.28 bits per heavy atom. The summed E-state index contributed by atoms with van der Waals surface area (Å²) in [4.78, 5) is 11.8. The molecule has 0 saturated heterocycles. The fourth-order valence-electron chi connectivity index (χ4n) is 1.43. The van der Waals surface area contributed by atoms with Crippen molar-refractivity contribution < 1.29 is 9.53 Å². The molecule has 1 rings (SSSR count). The zero-order valence-corrected chi connectivity index (χ0v) is 11.3. The highest BCUT2D eigenvalue weighted by Gasteiger charge is 2.02. The normalized spacial score (nSPS) is 10.1. The zero-order valence-electron chi connectivity index (χ0n) is 10.4. The predicted molar refractivity (Wildman–Crippen MR) is 75.3 cm³/mol. The lowest BCUT2D eigenvalue weighted by molar-refractivity contribution is -0.122. The molecule has 0 aromatic heterocycles. The molecule has 0 aliphatic carbocycles. The lowest BCUT2D eigenvalue weighted by atomic mass is 10.1. The second-order valence-electron chi connectivity index (χ2n) is 3.79. The van der Waals surface area contributed by atoms with Gasteiger partial charge in [-0.05, 0) is 18.6 Å². The van der Waals surface area contributed by atoms with Crippen molar-refractivity contribution in [1.82, 2.24) is 5.32 Å². The minimum atomic E-state index is -0.0239. The highest BCUT2D eigenvalue weighted by molar-refractivity contribution is 7.80. The molecule has 1 amide bonds. The highest BCUT2D eigenvalue weighted by Crippen LogP contribution is 2.05. The van der Waals surface area contributed by atoms with Gasteiger partial charge in [-0.15, -0.1) is 0 Å². The number of ether oxygens (including phenoxy) is 1. The number of nitrogens with one attached hydrogen (secondary N) is 1. The first-order valence-electron chi connectivity index (χ1n) is 5.86. The summed E-state index contributed by atoms with van der Waals surface area (Å²) in [6.07, 6.45) is 0.378. The maximum atomic E-state index is 11.5. The van der Waals surface area contributed by atoms with Crippen molar-refractivity contribution in [2.45, 2.75) is 19.9 Å². The van der Waals surface area contributed by atoms with Gasteiger partial charge in [-0.25, -0.2) is 0 Å². The minimum absolute atomic E-state index is 0.0239. The van der Waals surface area contributed by atoms with E-state index < -0.39 is 0 Å². The minimum Gasteiger partial charge on any atom is -0.389 e. The third-order valence-electron chi connectivity index (χ3n) is 2.38. The maximum absolute atomic E-state index is 11.5. The molecule has 4 nitrogen and oxygen atoms in total. The number of hydrogen-bond acceptors (Lipinski definition) is 3. The van der Waals surface area contributed by atoms with Crippen molar-refractivity contribution in [3.8, 4) is 0 Å². The Labute approximate surface area is 113 Å². The van der Waals surface area contributed by atoms with Crippen LogP contribution in [-0.2, 0) is 16.1 Å². The van der Waals surface area contributed by atoms with E-state index in [0.29, 0.717) is 31.2 Å². The SMILES string of the molecule is CCOCCC(=O)NCc1cccc(C(N)=S)c1. The van der Waals surface area contributed by atoms with Crippen molar-refractivity contribution in [3.63, 3.8) is 0 Å². The second kappa shape index (κ2) is 7.79. The number of carbonyl (C=O) groups is 1. The Kier molecular flexibility index (Phi) is 6.32. The monoisotopic (exact) mass is 266 g/mol. The molecule has 0 aliphatic heterocycles. The lowest BCUT2D eigenvalue weighted by Gasteiger charge is -2.07. The molecule has 98 valence electrons. The van der Waals surface area contributed by atoms with Crippen molar-refractivity contribution >= 4 is 23.1 Å². The highest BCUT2D eigenvalue weighted by atomic mass is 32.1. The number of benzene rings is 1. The summed E-state index contributed by atoms with van der Waals surface area (Å²) in [5, 5.41) is 2.82. The van der Waals surface area contributed by atoms with Crippen molar-refractivity contribution in [2.75, 3.05) is 13.2 Å². The van der Waals surface area contributed by atoms with Crippen LogP contribution in [-0.4, -0.2) is 24.1 Å². The second-order valence-corrected chi connectivity index (χ2v) is 4.23. The van der Waals surface area contributed by atoms with Crippen LogP contribution >= 0.6 is 12.2 Å². The molecule has 0 fully saturated rings. The van der Waals surface area contributed by atoms with E-state index in [1.807, 2.05) is 31.2 Å². The quantitative estimate of drug-likeness (QED) is 0.578. The molecule has 0 heterocycles. The van der Waals surface area contributed by atoms with Gasteiger partial charge < -0.3 is 15.8 Å². The Morgan fingerprint density at radius 1 is 1.50 bits per heavy atom. The van der Waals surface area contributed by atoms with Crippen LogP contribution in [0.5, 0.6) is 0 Å². The first-order chi connectivity index (χ1) is 8.63. The Morgan fingerprint density at radius 3 is 2.94 bits per heavy atom. The van der Waals surface area contributed by atoms with E-state index in [2.05, 4.69) is 5.32 Å². The van der Waals surface area contributed by atoms with Gasteiger partial charge >= 0.3 is 0 Å².